The van der Waals surface area contributed by atoms with Crippen molar-refractivity contribution in [1.82, 2.24) is 0 Å². The highest BCUT2D eigenvalue weighted by molar-refractivity contribution is 5.66. The van der Waals surface area contributed by atoms with Crippen LogP contribution in [0.1, 0.15) is 13.8 Å². The molecule has 0 bridgehead atoms. The van der Waals surface area contributed by atoms with E-state index in [1.165, 1.54) is 6.92 Å². The largest absolute Gasteiger partial charge is 0.433 e. The van der Waals surface area contributed by atoms with Gasteiger partial charge in [0.05, 0.1) is 6.10 Å². The van der Waals surface area contributed by atoms with Crippen LogP contribution in [0.25, 0.3) is 0 Å². The molecule has 1 saturated heterocycles. The zero-order chi connectivity index (χ0) is 10.9. The second-order valence-electron chi connectivity index (χ2n) is 3.29. The molecular weight excluding hydrogens is 192 g/mol. The number of aliphatic hydroxyl groups is 3. The van der Waals surface area contributed by atoms with Gasteiger partial charge in [0.25, 0.3) is 0 Å². The summed E-state index contributed by atoms with van der Waals surface area (Å²) in [5, 5.41) is 28.0. The molecule has 0 unspecified atom stereocenters. The van der Waals surface area contributed by atoms with Crippen LogP contribution in [0, 0.1) is 0 Å². The van der Waals surface area contributed by atoms with Gasteiger partial charge in [-0.2, -0.15) is 0 Å². The molecule has 1 aliphatic rings. The zero-order valence-electron chi connectivity index (χ0n) is 7.95. The molecule has 82 valence electrons. The molecule has 0 aromatic rings. The summed E-state index contributed by atoms with van der Waals surface area (Å²) < 4.78 is 9.60. The number of hydrogen-bond donors (Lipinski definition) is 3. The molecule has 1 aliphatic heterocycles. The van der Waals surface area contributed by atoms with Gasteiger partial charge in [-0.1, -0.05) is 0 Å². The van der Waals surface area contributed by atoms with Crippen LogP contribution < -0.4 is 0 Å². The predicted octanol–water partition coefficient (Wildman–Crippen LogP) is -1.62. The lowest BCUT2D eigenvalue weighted by Gasteiger charge is -2.38. The maximum Gasteiger partial charge on any atom is 0.305 e. The van der Waals surface area contributed by atoms with Crippen molar-refractivity contribution in [1.29, 1.82) is 0 Å². The van der Waals surface area contributed by atoms with E-state index < -0.39 is 36.7 Å². The fourth-order valence-electron chi connectivity index (χ4n) is 1.27. The Morgan fingerprint density at radius 3 is 2.29 bits per heavy atom. The van der Waals surface area contributed by atoms with Crippen LogP contribution in [0.15, 0.2) is 0 Å². The first kappa shape index (κ1) is 11.4. The van der Waals surface area contributed by atoms with Crippen LogP contribution >= 0.6 is 0 Å². The molecule has 6 nitrogen and oxygen atoms in total. The number of carbonyl (C=O) groups excluding carboxylic acids is 1. The summed E-state index contributed by atoms with van der Waals surface area (Å²) in [6.07, 6.45) is -5.90. The van der Waals surface area contributed by atoms with Crippen LogP contribution in [0.3, 0.4) is 0 Å². The van der Waals surface area contributed by atoms with Crippen molar-refractivity contribution in [2.45, 2.75) is 44.6 Å². The van der Waals surface area contributed by atoms with Crippen molar-refractivity contribution in [3.8, 4) is 0 Å². The number of ether oxygens (including phenoxy) is 2. The van der Waals surface area contributed by atoms with Crippen LogP contribution in [0.2, 0.25) is 0 Å². The molecule has 0 radical (unpaired) electrons. The molecule has 14 heavy (non-hydrogen) atoms. The van der Waals surface area contributed by atoms with Gasteiger partial charge in [0.15, 0.2) is 0 Å². The predicted molar refractivity (Wildman–Crippen MR) is 44.1 cm³/mol. The quantitative estimate of drug-likeness (QED) is 0.446. The zero-order valence-corrected chi connectivity index (χ0v) is 7.95. The molecule has 5 atom stereocenters. The summed E-state index contributed by atoms with van der Waals surface area (Å²) in [4.78, 5) is 10.6. The highest BCUT2D eigenvalue weighted by atomic mass is 16.7. The molecule has 0 aromatic heterocycles. The first-order chi connectivity index (χ1) is 6.43. The highest BCUT2D eigenvalue weighted by Crippen LogP contribution is 2.21. The number of carbonyl (C=O) groups is 1. The van der Waals surface area contributed by atoms with Crippen LogP contribution in [-0.4, -0.2) is 52.0 Å². The summed E-state index contributed by atoms with van der Waals surface area (Å²) in [6, 6.07) is 0. The lowest BCUT2D eigenvalue weighted by atomic mass is 10.0. The molecule has 1 rings (SSSR count). The van der Waals surface area contributed by atoms with Crippen LogP contribution in [0.5, 0.6) is 0 Å². The van der Waals surface area contributed by atoms with Gasteiger partial charge in [0.2, 0.25) is 6.29 Å². The Balaban J connectivity index is 2.65. The number of esters is 1. The van der Waals surface area contributed by atoms with E-state index in [0.29, 0.717) is 0 Å². The Hall–Kier alpha value is -0.690. The van der Waals surface area contributed by atoms with Crippen molar-refractivity contribution >= 4 is 5.97 Å². The van der Waals surface area contributed by atoms with Gasteiger partial charge >= 0.3 is 5.97 Å². The molecule has 0 spiro atoms. The van der Waals surface area contributed by atoms with Gasteiger partial charge in [-0.05, 0) is 6.92 Å². The highest BCUT2D eigenvalue weighted by Gasteiger charge is 2.43. The normalized spacial score (nSPS) is 43.4. The number of hydrogen-bond acceptors (Lipinski definition) is 6. The maximum absolute atomic E-state index is 10.6. The number of aliphatic hydroxyl groups excluding tert-OH is 3. The van der Waals surface area contributed by atoms with Gasteiger partial charge in [-0.25, -0.2) is 0 Å². The van der Waals surface area contributed by atoms with E-state index in [4.69, 9.17) is 4.74 Å². The minimum absolute atomic E-state index is 0.621. The third-order valence-corrected chi connectivity index (χ3v) is 2.09. The fourth-order valence-corrected chi connectivity index (χ4v) is 1.27. The fraction of sp³-hybridized carbons (Fsp3) is 0.875. The van der Waals surface area contributed by atoms with E-state index in [-0.39, 0.29) is 0 Å². The second kappa shape index (κ2) is 4.22. The van der Waals surface area contributed by atoms with Crippen molar-refractivity contribution in [3.05, 3.63) is 0 Å². The van der Waals surface area contributed by atoms with Crippen molar-refractivity contribution < 1.29 is 29.6 Å². The van der Waals surface area contributed by atoms with E-state index in [9.17, 15) is 20.1 Å². The van der Waals surface area contributed by atoms with E-state index in [1.54, 1.807) is 0 Å². The van der Waals surface area contributed by atoms with Crippen molar-refractivity contribution in [2.24, 2.45) is 0 Å². The van der Waals surface area contributed by atoms with Gasteiger partial charge in [-0.3, -0.25) is 4.79 Å². The molecule has 0 aromatic carbocycles. The molecule has 1 fully saturated rings. The Labute approximate surface area is 81.1 Å². The summed E-state index contributed by atoms with van der Waals surface area (Å²) in [5.41, 5.74) is 0. The lowest BCUT2D eigenvalue weighted by Crippen LogP contribution is -2.57. The monoisotopic (exact) mass is 206 g/mol. The minimum atomic E-state index is -1.43. The molecule has 3 N–H and O–H groups in total. The van der Waals surface area contributed by atoms with Gasteiger partial charge in [0.1, 0.15) is 18.3 Å². The van der Waals surface area contributed by atoms with E-state index in [0.717, 1.165) is 6.92 Å². The molecule has 0 amide bonds. The standard InChI is InChI=1S/C8H14O6/c1-3-5(10)6(11)7(12)8(13-3)14-4(2)9/h3,5-8,10-12H,1-2H3/t3-,5+,6+,7-,8-/m0/s1. The van der Waals surface area contributed by atoms with E-state index >= 15 is 0 Å². The molecular formula is C8H14O6. The average Bonchev–Trinajstić information content (AvgIpc) is 2.10. The summed E-state index contributed by atoms with van der Waals surface area (Å²) in [5.74, 6) is -0.621. The molecule has 6 heteroatoms. The molecule has 1 heterocycles. The molecule has 0 aliphatic carbocycles. The summed E-state index contributed by atoms with van der Waals surface area (Å²) in [7, 11) is 0. The second-order valence-corrected chi connectivity index (χ2v) is 3.29. The third-order valence-electron chi connectivity index (χ3n) is 2.09. The summed E-state index contributed by atoms with van der Waals surface area (Å²) >= 11 is 0. The Morgan fingerprint density at radius 2 is 1.79 bits per heavy atom. The third kappa shape index (κ3) is 2.21. The first-order valence-corrected chi connectivity index (χ1v) is 4.30. The molecule has 0 saturated carbocycles. The maximum atomic E-state index is 10.6. The van der Waals surface area contributed by atoms with Crippen LogP contribution in [-0.2, 0) is 14.3 Å². The Morgan fingerprint density at radius 1 is 1.21 bits per heavy atom. The van der Waals surface area contributed by atoms with Crippen molar-refractivity contribution in [3.63, 3.8) is 0 Å². The van der Waals surface area contributed by atoms with Crippen LogP contribution in [0.4, 0.5) is 0 Å². The van der Waals surface area contributed by atoms with Gasteiger partial charge in [0, 0.05) is 6.92 Å². The van der Waals surface area contributed by atoms with Crippen molar-refractivity contribution in [2.75, 3.05) is 0 Å². The summed E-state index contributed by atoms with van der Waals surface area (Å²) in [6.45, 7) is 2.68. The number of rotatable bonds is 1. The van der Waals surface area contributed by atoms with Gasteiger partial charge < -0.3 is 24.8 Å². The van der Waals surface area contributed by atoms with E-state index in [1.807, 2.05) is 0 Å². The van der Waals surface area contributed by atoms with Gasteiger partial charge in [-0.15, -0.1) is 0 Å². The topological polar surface area (TPSA) is 96.2 Å². The average molecular weight is 206 g/mol. The lowest BCUT2D eigenvalue weighted by molar-refractivity contribution is -0.284. The SMILES string of the molecule is CC(=O)O[C@@H]1O[C@@H](C)[C@@H](O)[C@@H](O)[C@@H]1O. The Bertz CT molecular complexity index is 218. The smallest absolute Gasteiger partial charge is 0.305 e. The van der Waals surface area contributed by atoms with E-state index in [2.05, 4.69) is 4.74 Å². The first-order valence-electron chi connectivity index (χ1n) is 4.30. The minimum Gasteiger partial charge on any atom is -0.433 e. The Kier molecular flexibility index (Phi) is 3.43.